The summed E-state index contributed by atoms with van der Waals surface area (Å²) in [5, 5.41) is 4.64. The van der Waals surface area contributed by atoms with Crippen LogP contribution in [0.2, 0.25) is 0 Å². The molecular formula is C15H15F3N2O4S. The van der Waals surface area contributed by atoms with E-state index in [0.717, 1.165) is 6.07 Å². The molecule has 0 bridgehead atoms. The molecule has 1 unspecified atom stereocenters. The summed E-state index contributed by atoms with van der Waals surface area (Å²) < 4.78 is 62.6. The van der Waals surface area contributed by atoms with Crippen LogP contribution in [0.4, 0.5) is 18.9 Å². The third-order valence-corrected chi connectivity index (χ3v) is 6.24. The molecule has 0 aromatic heterocycles. The highest BCUT2D eigenvalue weighted by Gasteiger charge is 2.57. The average Bonchev–Trinajstić information content (AvgIpc) is 3.28. The fourth-order valence-corrected chi connectivity index (χ4v) is 4.45. The van der Waals surface area contributed by atoms with Crippen LogP contribution < -0.4 is 10.6 Å². The maximum absolute atomic E-state index is 13.6. The van der Waals surface area contributed by atoms with E-state index < -0.39 is 56.2 Å². The minimum absolute atomic E-state index is 0.0305. The molecule has 2 fully saturated rings. The van der Waals surface area contributed by atoms with Gasteiger partial charge in [-0.1, -0.05) is 0 Å². The molecule has 0 spiro atoms. The van der Waals surface area contributed by atoms with E-state index in [1.165, 1.54) is 0 Å². The fourth-order valence-electron chi connectivity index (χ4n) is 2.78. The summed E-state index contributed by atoms with van der Waals surface area (Å²) in [6, 6.07) is 0.961. The van der Waals surface area contributed by atoms with Gasteiger partial charge in [0.1, 0.15) is 5.41 Å². The molecule has 25 heavy (non-hydrogen) atoms. The quantitative estimate of drug-likeness (QED) is 0.609. The van der Waals surface area contributed by atoms with E-state index in [1.807, 2.05) is 0 Å². The molecule has 1 aromatic rings. The van der Waals surface area contributed by atoms with Crippen molar-refractivity contribution in [1.29, 1.82) is 0 Å². The zero-order valence-electron chi connectivity index (χ0n) is 12.9. The maximum Gasteiger partial charge on any atom is 0.240 e. The molecule has 0 radical (unpaired) electrons. The lowest BCUT2D eigenvalue weighted by Crippen LogP contribution is -2.45. The molecule has 136 valence electrons. The predicted molar refractivity (Wildman–Crippen MR) is 81.8 cm³/mol. The van der Waals surface area contributed by atoms with Crippen LogP contribution >= 0.6 is 0 Å². The number of sulfone groups is 1. The average molecular weight is 376 g/mol. The molecule has 6 nitrogen and oxygen atoms in total. The number of carbonyl (C=O) groups is 2. The van der Waals surface area contributed by atoms with Crippen molar-refractivity contribution in [2.24, 2.45) is 5.41 Å². The van der Waals surface area contributed by atoms with E-state index >= 15 is 0 Å². The Bertz CT molecular complexity index is 853. The maximum atomic E-state index is 13.6. The topological polar surface area (TPSA) is 92.3 Å². The summed E-state index contributed by atoms with van der Waals surface area (Å²) in [6.45, 7) is 0. The Kier molecular flexibility index (Phi) is 4.26. The van der Waals surface area contributed by atoms with Crippen molar-refractivity contribution < 1.29 is 31.2 Å². The van der Waals surface area contributed by atoms with E-state index in [9.17, 15) is 31.2 Å². The number of nitrogens with one attached hydrogen (secondary N) is 2. The number of amides is 2. The molecule has 1 saturated carbocycles. The largest absolute Gasteiger partial charge is 0.351 e. The minimum atomic E-state index is -3.19. The highest BCUT2D eigenvalue weighted by molar-refractivity contribution is 7.91. The monoisotopic (exact) mass is 376 g/mol. The summed E-state index contributed by atoms with van der Waals surface area (Å²) >= 11 is 0. The SMILES string of the molecule is O=C(Nc1ccc(F)c(F)c1F)C1(C(=O)NC2CCS(=O)(=O)C2)CC1. The molecule has 1 aliphatic heterocycles. The molecule has 3 rings (SSSR count). The molecule has 10 heteroatoms. The molecule has 1 saturated heterocycles. The molecule has 1 aliphatic carbocycles. The lowest BCUT2D eigenvalue weighted by molar-refractivity contribution is -0.134. The van der Waals surface area contributed by atoms with Gasteiger partial charge in [-0.05, 0) is 31.4 Å². The summed E-state index contributed by atoms with van der Waals surface area (Å²) in [7, 11) is -3.19. The van der Waals surface area contributed by atoms with E-state index in [1.54, 1.807) is 0 Å². The zero-order valence-corrected chi connectivity index (χ0v) is 13.8. The van der Waals surface area contributed by atoms with Gasteiger partial charge in [-0.15, -0.1) is 0 Å². The number of rotatable bonds is 4. The van der Waals surface area contributed by atoms with Gasteiger partial charge in [0.25, 0.3) is 0 Å². The Morgan fingerprint density at radius 1 is 1.08 bits per heavy atom. The fraction of sp³-hybridized carbons (Fsp3) is 0.467. The van der Waals surface area contributed by atoms with Gasteiger partial charge in [0.05, 0.1) is 17.2 Å². The van der Waals surface area contributed by atoms with Gasteiger partial charge in [0, 0.05) is 6.04 Å². The number of anilines is 1. The Morgan fingerprint density at radius 3 is 2.32 bits per heavy atom. The standard InChI is InChI=1S/C15H15F3N2O4S/c16-9-1-2-10(12(18)11(9)17)20-14(22)15(4-5-15)13(21)19-8-3-6-25(23,24)7-8/h1-2,8H,3-7H2,(H,19,21)(H,20,22). The van der Waals surface area contributed by atoms with Gasteiger partial charge in [-0.2, -0.15) is 0 Å². The van der Waals surface area contributed by atoms with Gasteiger partial charge < -0.3 is 10.6 Å². The van der Waals surface area contributed by atoms with Gasteiger partial charge >= 0.3 is 0 Å². The van der Waals surface area contributed by atoms with Gasteiger partial charge in [-0.3, -0.25) is 9.59 Å². The van der Waals surface area contributed by atoms with E-state index in [0.29, 0.717) is 6.07 Å². The second-order valence-electron chi connectivity index (χ2n) is 6.33. The van der Waals surface area contributed by atoms with E-state index in [4.69, 9.17) is 0 Å². The van der Waals surface area contributed by atoms with Crippen LogP contribution in [-0.2, 0) is 19.4 Å². The third kappa shape index (κ3) is 3.35. The first-order chi connectivity index (χ1) is 11.6. The van der Waals surface area contributed by atoms with Crippen molar-refractivity contribution in [1.82, 2.24) is 5.32 Å². The smallest absolute Gasteiger partial charge is 0.240 e. The van der Waals surface area contributed by atoms with Gasteiger partial charge in [0.15, 0.2) is 27.3 Å². The first-order valence-electron chi connectivity index (χ1n) is 7.61. The Morgan fingerprint density at radius 2 is 1.76 bits per heavy atom. The van der Waals surface area contributed by atoms with Crippen LogP contribution in [-0.4, -0.2) is 37.8 Å². The number of hydrogen-bond donors (Lipinski definition) is 2. The van der Waals surface area contributed by atoms with Crippen molar-refractivity contribution in [3.8, 4) is 0 Å². The number of hydrogen-bond acceptors (Lipinski definition) is 4. The molecule has 1 atom stereocenters. The second kappa shape index (κ2) is 6.01. The van der Waals surface area contributed by atoms with Crippen molar-refractivity contribution in [3.63, 3.8) is 0 Å². The van der Waals surface area contributed by atoms with Crippen LogP contribution in [0.5, 0.6) is 0 Å². The van der Waals surface area contributed by atoms with E-state index in [2.05, 4.69) is 10.6 Å². The van der Waals surface area contributed by atoms with Crippen molar-refractivity contribution in [2.75, 3.05) is 16.8 Å². The van der Waals surface area contributed by atoms with Gasteiger partial charge in [-0.25, -0.2) is 21.6 Å². The number of benzene rings is 1. The minimum Gasteiger partial charge on any atom is -0.351 e. The summed E-state index contributed by atoms with van der Waals surface area (Å²) in [5.41, 5.74) is -2.00. The van der Waals surface area contributed by atoms with Crippen molar-refractivity contribution >= 4 is 27.3 Å². The lowest BCUT2D eigenvalue weighted by atomic mass is 10.0. The molecular weight excluding hydrogens is 361 g/mol. The van der Waals surface area contributed by atoms with Gasteiger partial charge in [0.2, 0.25) is 11.8 Å². The summed E-state index contributed by atoms with van der Waals surface area (Å²) in [5.74, 6) is -6.36. The predicted octanol–water partition coefficient (Wildman–Crippen LogP) is 1.13. The lowest BCUT2D eigenvalue weighted by Gasteiger charge is -2.18. The molecule has 2 amide bonds. The van der Waals surface area contributed by atoms with Crippen LogP contribution in [0.25, 0.3) is 0 Å². The van der Waals surface area contributed by atoms with Crippen LogP contribution in [0, 0.1) is 22.9 Å². The van der Waals surface area contributed by atoms with Crippen LogP contribution in [0.3, 0.4) is 0 Å². The Balaban J connectivity index is 1.69. The Labute approximate surface area is 141 Å². The zero-order chi connectivity index (χ0) is 18.4. The number of halogens is 3. The highest BCUT2D eigenvalue weighted by Crippen LogP contribution is 2.47. The highest BCUT2D eigenvalue weighted by atomic mass is 32.2. The normalized spacial score (nSPS) is 23.1. The second-order valence-corrected chi connectivity index (χ2v) is 8.56. The van der Waals surface area contributed by atoms with Crippen molar-refractivity contribution in [2.45, 2.75) is 25.3 Å². The number of carbonyl (C=O) groups excluding carboxylic acids is 2. The van der Waals surface area contributed by atoms with Crippen LogP contribution in [0.1, 0.15) is 19.3 Å². The van der Waals surface area contributed by atoms with E-state index in [-0.39, 0.29) is 30.8 Å². The first kappa shape index (κ1) is 17.7. The summed E-state index contributed by atoms with van der Waals surface area (Å²) in [6.07, 6.45) is 0.675. The molecule has 1 heterocycles. The molecule has 2 aliphatic rings. The summed E-state index contributed by atoms with van der Waals surface area (Å²) in [4.78, 5) is 24.7. The molecule has 2 N–H and O–H groups in total. The first-order valence-corrected chi connectivity index (χ1v) is 9.43. The molecule has 1 aromatic carbocycles. The third-order valence-electron chi connectivity index (χ3n) is 4.47. The van der Waals surface area contributed by atoms with Crippen LogP contribution in [0.15, 0.2) is 12.1 Å². The van der Waals surface area contributed by atoms with Crippen molar-refractivity contribution in [3.05, 3.63) is 29.6 Å². The Hall–Kier alpha value is -2.10.